The summed E-state index contributed by atoms with van der Waals surface area (Å²) in [5.41, 5.74) is 0. The summed E-state index contributed by atoms with van der Waals surface area (Å²) in [6, 6.07) is 2.39. The van der Waals surface area contributed by atoms with Crippen molar-refractivity contribution in [2.24, 2.45) is 17.8 Å². The second-order valence-electron chi connectivity index (χ2n) is 7.64. The summed E-state index contributed by atoms with van der Waals surface area (Å²) in [5, 5.41) is 0. The van der Waals surface area contributed by atoms with E-state index in [4.69, 9.17) is 0 Å². The largest absolute Gasteiger partial charge is 0.287 e. The van der Waals surface area contributed by atoms with E-state index in [1.165, 1.54) is 51.4 Å². The molecule has 0 spiro atoms. The molecule has 6 unspecified atom stereocenters. The van der Waals surface area contributed by atoms with Gasteiger partial charge in [0.25, 0.3) is 0 Å². The van der Waals surface area contributed by atoms with E-state index in [1.54, 1.807) is 0 Å². The maximum Gasteiger partial charge on any atom is 0.0318 e. The topological polar surface area (TPSA) is 3.24 Å². The van der Waals surface area contributed by atoms with Gasteiger partial charge in [-0.25, -0.2) is 0 Å². The summed E-state index contributed by atoms with van der Waals surface area (Å²) in [6.45, 7) is 2.41. The van der Waals surface area contributed by atoms with Gasteiger partial charge in [-0.1, -0.05) is 44.1 Å². The average molecular weight is 271 g/mol. The van der Waals surface area contributed by atoms with Crippen molar-refractivity contribution in [2.75, 3.05) is 0 Å². The fourth-order valence-corrected chi connectivity index (χ4v) is 5.58. The first-order valence-electron chi connectivity index (χ1n) is 8.97. The minimum Gasteiger partial charge on any atom is -0.287 e. The molecule has 0 N–H and O–H groups in total. The highest BCUT2D eigenvalue weighted by atomic mass is 15.3. The van der Waals surface area contributed by atoms with Gasteiger partial charge in [0.1, 0.15) is 0 Å². The normalized spacial score (nSPS) is 48.0. The molecule has 1 saturated carbocycles. The van der Waals surface area contributed by atoms with Gasteiger partial charge < -0.3 is 0 Å². The van der Waals surface area contributed by atoms with Gasteiger partial charge in [-0.2, -0.15) is 0 Å². The zero-order chi connectivity index (χ0) is 13.5. The van der Waals surface area contributed by atoms with Crippen molar-refractivity contribution in [1.82, 2.24) is 4.90 Å². The molecule has 4 rings (SSSR count). The number of nitrogens with zero attached hydrogens (tertiary/aromatic N) is 1. The van der Waals surface area contributed by atoms with Gasteiger partial charge in [-0.15, -0.1) is 0 Å². The average Bonchev–Trinajstić information content (AvgIpc) is 2.82. The molecule has 0 aromatic rings. The van der Waals surface area contributed by atoms with E-state index in [0.29, 0.717) is 0 Å². The smallest absolute Gasteiger partial charge is 0.0318 e. The Hall–Kier alpha value is -0.560. The predicted molar refractivity (Wildman–Crippen MR) is 84.6 cm³/mol. The van der Waals surface area contributed by atoms with E-state index < -0.39 is 0 Å². The number of allylic oxidation sites excluding steroid dienone is 2. The highest BCUT2D eigenvalue weighted by molar-refractivity contribution is 5.17. The van der Waals surface area contributed by atoms with Crippen molar-refractivity contribution in [3.05, 3.63) is 24.3 Å². The van der Waals surface area contributed by atoms with Crippen LogP contribution in [-0.4, -0.2) is 23.0 Å². The van der Waals surface area contributed by atoms with E-state index in [0.717, 1.165) is 35.9 Å². The van der Waals surface area contributed by atoms with E-state index >= 15 is 0 Å². The van der Waals surface area contributed by atoms with Gasteiger partial charge in [0.15, 0.2) is 0 Å². The van der Waals surface area contributed by atoms with Crippen LogP contribution in [0.15, 0.2) is 24.3 Å². The number of likely N-dealkylation sites (tertiary alicyclic amines) is 1. The summed E-state index contributed by atoms with van der Waals surface area (Å²) in [6.07, 6.45) is 21.5. The molecule has 0 amide bonds. The molecule has 0 aromatic heterocycles. The quantitative estimate of drug-likeness (QED) is 0.632. The van der Waals surface area contributed by atoms with Crippen LogP contribution in [0.4, 0.5) is 0 Å². The molecule has 4 aliphatic rings. The van der Waals surface area contributed by atoms with E-state index in [9.17, 15) is 0 Å². The maximum atomic E-state index is 2.95. The first-order valence-corrected chi connectivity index (χ1v) is 8.97. The van der Waals surface area contributed by atoms with Gasteiger partial charge in [-0.05, 0) is 56.3 Å². The highest BCUT2D eigenvalue weighted by Gasteiger charge is 2.50. The standard InChI is InChI=1S/C19H29N/c1-14-11-12-19-17(13-14)16-9-5-6-10-18(16)20(19)15-7-3-2-4-8-15/h3,7,11-12,14-19H,2,4-6,8-10,13H2,1H3. The van der Waals surface area contributed by atoms with Crippen LogP contribution in [0.5, 0.6) is 0 Å². The molecular formula is C19H29N. The van der Waals surface area contributed by atoms with E-state index in [2.05, 4.69) is 36.1 Å². The Morgan fingerprint density at radius 2 is 1.80 bits per heavy atom. The van der Waals surface area contributed by atoms with Crippen molar-refractivity contribution in [1.29, 1.82) is 0 Å². The predicted octanol–water partition coefficient (Wildman–Crippen LogP) is 4.55. The zero-order valence-corrected chi connectivity index (χ0v) is 12.9. The Morgan fingerprint density at radius 1 is 0.900 bits per heavy atom. The van der Waals surface area contributed by atoms with Crippen LogP contribution < -0.4 is 0 Å². The minimum absolute atomic E-state index is 0.738. The van der Waals surface area contributed by atoms with E-state index in [-0.39, 0.29) is 0 Å². The summed E-state index contributed by atoms with van der Waals surface area (Å²) >= 11 is 0. The third kappa shape index (κ3) is 2.09. The van der Waals surface area contributed by atoms with Crippen LogP contribution >= 0.6 is 0 Å². The van der Waals surface area contributed by atoms with Crippen LogP contribution in [0.2, 0.25) is 0 Å². The van der Waals surface area contributed by atoms with Crippen LogP contribution in [-0.2, 0) is 0 Å². The second-order valence-corrected chi connectivity index (χ2v) is 7.64. The summed E-state index contributed by atoms with van der Waals surface area (Å²) < 4.78 is 0. The number of hydrogen-bond donors (Lipinski definition) is 0. The van der Waals surface area contributed by atoms with Crippen molar-refractivity contribution in [2.45, 2.75) is 76.4 Å². The molecule has 0 aromatic carbocycles. The Morgan fingerprint density at radius 3 is 2.65 bits per heavy atom. The number of rotatable bonds is 1. The van der Waals surface area contributed by atoms with Crippen LogP contribution in [0.25, 0.3) is 0 Å². The Bertz CT molecular complexity index is 410. The molecule has 0 bridgehead atoms. The van der Waals surface area contributed by atoms with Crippen molar-refractivity contribution < 1.29 is 0 Å². The summed E-state index contributed by atoms with van der Waals surface area (Å²) in [5.74, 6) is 2.76. The lowest BCUT2D eigenvalue weighted by Gasteiger charge is -2.39. The second kappa shape index (κ2) is 5.33. The molecule has 0 radical (unpaired) electrons. The van der Waals surface area contributed by atoms with Crippen molar-refractivity contribution in [3.8, 4) is 0 Å². The Labute approximate surface area is 124 Å². The first-order chi connectivity index (χ1) is 9.84. The SMILES string of the molecule is CC1C=CC2C(C1)C1CCCCC1N2C1C=CCCC1. The molecule has 2 fully saturated rings. The van der Waals surface area contributed by atoms with Gasteiger partial charge in [-0.3, -0.25) is 4.90 Å². The van der Waals surface area contributed by atoms with Gasteiger partial charge in [0.05, 0.1) is 0 Å². The molecular weight excluding hydrogens is 242 g/mol. The molecule has 3 aliphatic carbocycles. The lowest BCUT2D eigenvalue weighted by atomic mass is 9.73. The third-order valence-electron chi connectivity index (χ3n) is 6.39. The van der Waals surface area contributed by atoms with Crippen LogP contribution in [0.1, 0.15) is 58.3 Å². The number of hydrogen-bond acceptors (Lipinski definition) is 1. The van der Waals surface area contributed by atoms with E-state index in [1.807, 2.05) is 0 Å². The lowest BCUT2D eigenvalue weighted by molar-refractivity contribution is 0.126. The molecule has 1 saturated heterocycles. The molecule has 1 aliphatic heterocycles. The zero-order valence-electron chi connectivity index (χ0n) is 12.9. The molecule has 20 heavy (non-hydrogen) atoms. The van der Waals surface area contributed by atoms with Gasteiger partial charge in [0.2, 0.25) is 0 Å². The van der Waals surface area contributed by atoms with Gasteiger partial charge in [0, 0.05) is 18.1 Å². The monoisotopic (exact) mass is 271 g/mol. The fraction of sp³-hybridized carbons (Fsp3) is 0.789. The fourth-order valence-electron chi connectivity index (χ4n) is 5.58. The Kier molecular flexibility index (Phi) is 3.50. The molecule has 1 nitrogen and oxygen atoms in total. The first kappa shape index (κ1) is 13.1. The van der Waals surface area contributed by atoms with Crippen molar-refractivity contribution >= 4 is 0 Å². The Balaban J connectivity index is 1.66. The summed E-state index contributed by atoms with van der Waals surface area (Å²) in [4.78, 5) is 2.95. The highest BCUT2D eigenvalue weighted by Crippen LogP contribution is 2.49. The summed E-state index contributed by atoms with van der Waals surface area (Å²) in [7, 11) is 0. The minimum atomic E-state index is 0.738. The molecule has 1 heteroatoms. The number of fused-ring (bicyclic) bond motifs is 3. The lowest BCUT2D eigenvalue weighted by Crippen LogP contribution is -2.45. The molecule has 1 heterocycles. The third-order valence-corrected chi connectivity index (χ3v) is 6.39. The van der Waals surface area contributed by atoms with Crippen molar-refractivity contribution in [3.63, 3.8) is 0 Å². The van der Waals surface area contributed by atoms with Gasteiger partial charge >= 0.3 is 0 Å². The molecule has 110 valence electrons. The maximum absolute atomic E-state index is 2.95. The molecule has 6 atom stereocenters. The van der Waals surface area contributed by atoms with Crippen LogP contribution in [0, 0.1) is 17.8 Å². The van der Waals surface area contributed by atoms with Crippen LogP contribution in [0.3, 0.4) is 0 Å².